The number of rotatable bonds is 6. The van der Waals surface area contributed by atoms with Crippen LogP contribution in [0.3, 0.4) is 0 Å². The number of carbonyl (C=O) groups is 2. The molecule has 0 bridgehead atoms. The van der Waals surface area contributed by atoms with E-state index in [0.29, 0.717) is 5.69 Å². The number of anilines is 2. The molecule has 0 saturated heterocycles. The van der Waals surface area contributed by atoms with E-state index in [1.165, 1.54) is 36.1 Å². The van der Waals surface area contributed by atoms with Gasteiger partial charge >= 0.3 is 6.61 Å². The summed E-state index contributed by atoms with van der Waals surface area (Å²) < 4.78 is 31.3. The highest BCUT2D eigenvalue weighted by molar-refractivity contribution is 6.38. The standard InChI is InChI=1S/C17H14ClF2N7O3/c1-8-7-9(5-6-21-8)14(28)22-13-11(30-16(19)20)4-3-10(12(13)18)15(29)23-17-24-25-26-27(17)2/h3-7,16H,1-2H3,(H,22,28)(H,23,24,26,29). The number of aryl methyl sites for hydroxylation is 2. The monoisotopic (exact) mass is 437 g/mol. The number of alkyl halides is 2. The van der Waals surface area contributed by atoms with E-state index in [2.05, 4.69) is 35.9 Å². The number of pyridine rings is 1. The van der Waals surface area contributed by atoms with Crippen molar-refractivity contribution >= 4 is 35.1 Å². The van der Waals surface area contributed by atoms with E-state index in [4.69, 9.17) is 11.6 Å². The van der Waals surface area contributed by atoms with Crippen LogP contribution in [0, 0.1) is 6.92 Å². The second-order valence-electron chi connectivity index (χ2n) is 5.90. The van der Waals surface area contributed by atoms with Gasteiger partial charge in [0.15, 0.2) is 5.75 Å². The summed E-state index contributed by atoms with van der Waals surface area (Å²) in [7, 11) is 1.50. The predicted octanol–water partition coefficient (Wildman–Crippen LogP) is 2.67. The number of hydrogen-bond donors (Lipinski definition) is 2. The smallest absolute Gasteiger partial charge is 0.387 e. The molecule has 1 aromatic carbocycles. The lowest BCUT2D eigenvalue weighted by atomic mass is 10.1. The molecule has 3 aromatic rings. The Labute approximate surface area is 173 Å². The molecule has 10 nitrogen and oxygen atoms in total. The maximum Gasteiger partial charge on any atom is 0.387 e. The van der Waals surface area contributed by atoms with E-state index in [1.54, 1.807) is 6.92 Å². The van der Waals surface area contributed by atoms with Gasteiger partial charge in [-0.05, 0) is 41.6 Å². The number of nitrogens with zero attached hydrogens (tertiary/aromatic N) is 5. The quantitative estimate of drug-likeness (QED) is 0.607. The molecule has 13 heteroatoms. The summed E-state index contributed by atoms with van der Waals surface area (Å²) in [4.78, 5) is 29.1. The van der Waals surface area contributed by atoms with Crippen molar-refractivity contribution in [2.24, 2.45) is 7.05 Å². The number of tetrazole rings is 1. The minimum atomic E-state index is -3.18. The third-order valence-corrected chi connectivity index (χ3v) is 4.20. The molecule has 2 N–H and O–H groups in total. The number of ether oxygens (including phenoxy) is 1. The molecule has 0 aliphatic heterocycles. The molecule has 0 fully saturated rings. The Morgan fingerprint density at radius 1 is 1.20 bits per heavy atom. The van der Waals surface area contributed by atoms with Crippen LogP contribution in [0.4, 0.5) is 20.4 Å². The SMILES string of the molecule is Cc1cc(C(=O)Nc2c(OC(F)F)ccc(C(=O)Nc3nnnn3C)c2Cl)ccn1. The zero-order valence-electron chi connectivity index (χ0n) is 15.6. The van der Waals surface area contributed by atoms with Crippen LogP contribution >= 0.6 is 11.6 Å². The van der Waals surface area contributed by atoms with Crippen LogP contribution in [0.25, 0.3) is 0 Å². The lowest BCUT2D eigenvalue weighted by Gasteiger charge is -2.16. The zero-order chi connectivity index (χ0) is 21.8. The highest BCUT2D eigenvalue weighted by atomic mass is 35.5. The molecule has 156 valence electrons. The summed E-state index contributed by atoms with van der Waals surface area (Å²) in [6, 6.07) is 5.19. The van der Waals surface area contributed by atoms with E-state index < -0.39 is 24.2 Å². The van der Waals surface area contributed by atoms with Crippen molar-refractivity contribution in [2.45, 2.75) is 13.5 Å². The summed E-state index contributed by atoms with van der Waals surface area (Å²) >= 11 is 6.26. The summed E-state index contributed by atoms with van der Waals surface area (Å²) in [5.74, 6) is -1.76. The van der Waals surface area contributed by atoms with Gasteiger partial charge in [0.2, 0.25) is 5.95 Å². The van der Waals surface area contributed by atoms with Crippen molar-refractivity contribution < 1.29 is 23.1 Å². The first-order chi connectivity index (χ1) is 14.3. The van der Waals surface area contributed by atoms with Crippen LogP contribution < -0.4 is 15.4 Å². The molecular weight excluding hydrogens is 424 g/mol. The fourth-order valence-corrected chi connectivity index (χ4v) is 2.71. The molecule has 0 aliphatic rings. The van der Waals surface area contributed by atoms with Crippen molar-refractivity contribution in [1.29, 1.82) is 0 Å². The lowest BCUT2D eigenvalue weighted by molar-refractivity contribution is -0.0493. The number of benzene rings is 1. The Bertz CT molecular complexity index is 1110. The molecule has 0 unspecified atom stereocenters. The predicted molar refractivity (Wildman–Crippen MR) is 102 cm³/mol. The van der Waals surface area contributed by atoms with Gasteiger partial charge in [0.1, 0.15) is 5.69 Å². The number of carbonyl (C=O) groups excluding carboxylic acids is 2. The van der Waals surface area contributed by atoms with Crippen LogP contribution in [0.5, 0.6) is 5.75 Å². The number of nitrogens with one attached hydrogen (secondary N) is 2. The van der Waals surface area contributed by atoms with Crippen molar-refractivity contribution in [3.8, 4) is 5.75 Å². The van der Waals surface area contributed by atoms with Gasteiger partial charge in [0.05, 0.1) is 10.6 Å². The molecule has 0 spiro atoms. The van der Waals surface area contributed by atoms with Crippen molar-refractivity contribution in [1.82, 2.24) is 25.2 Å². The Balaban J connectivity index is 1.96. The maximum absolute atomic E-state index is 12.8. The highest BCUT2D eigenvalue weighted by Gasteiger charge is 2.23. The first-order valence-electron chi connectivity index (χ1n) is 8.31. The number of halogens is 3. The topological polar surface area (TPSA) is 124 Å². The van der Waals surface area contributed by atoms with Crippen LogP contribution in [0.2, 0.25) is 5.02 Å². The molecule has 0 saturated carbocycles. The fourth-order valence-electron chi connectivity index (χ4n) is 2.42. The van der Waals surface area contributed by atoms with Crippen LogP contribution in [-0.4, -0.2) is 43.6 Å². The number of aromatic nitrogens is 5. The Kier molecular flexibility index (Phi) is 6.16. The Morgan fingerprint density at radius 2 is 1.97 bits per heavy atom. The third kappa shape index (κ3) is 4.66. The first kappa shape index (κ1) is 21.0. The second-order valence-corrected chi connectivity index (χ2v) is 6.28. The average Bonchev–Trinajstić information content (AvgIpc) is 3.08. The van der Waals surface area contributed by atoms with E-state index in [9.17, 15) is 18.4 Å². The van der Waals surface area contributed by atoms with E-state index in [0.717, 1.165) is 6.07 Å². The van der Waals surface area contributed by atoms with Gasteiger partial charge in [0.25, 0.3) is 11.8 Å². The van der Waals surface area contributed by atoms with Gasteiger partial charge in [-0.2, -0.15) is 8.78 Å². The van der Waals surface area contributed by atoms with E-state index in [-0.39, 0.29) is 27.8 Å². The van der Waals surface area contributed by atoms with Gasteiger partial charge in [-0.25, -0.2) is 4.68 Å². The molecule has 2 aromatic heterocycles. The normalized spacial score (nSPS) is 10.7. The minimum Gasteiger partial charge on any atom is -0.433 e. The van der Waals surface area contributed by atoms with Gasteiger partial charge in [0, 0.05) is 24.5 Å². The molecule has 2 amide bonds. The average molecular weight is 438 g/mol. The van der Waals surface area contributed by atoms with Crippen LogP contribution in [0.15, 0.2) is 30.5 Å². The lowest BCUT2D eigenvalue weighted by Crippen LogP contribution is -2.19. The molecule has 30 heavy (non-hydrogen) atoms. The molecule has 0 atom stereocenters. The highest BCUT2D eigenvalue weighted by Crippen LogP contribution is 2.37. The first-order valence-corrected chi connectivity index (χ1v) is 8.69. The van der Waals surface area contributed by atoms with Crippen molar-refractivity contribution in [3.63, 3.8) is 0 Å². The minimum absolute atomic E-state index is 0.0295. The van der Waals surface area contributed by atoms with Gasteiger partial charge in [-0.1, -0.05) is 16.7 Å². The van der Waals surface area contributed by atoms with Crippen LogP contribution in [0.1, 0.15) is 26.4 Å². The Hall–Kier alpha value is -3.67. The van der Waals surface area contributed by atoms with Gasteiger partial charge < -0.3 is 10.1 Å². The summed E-state index contributed by atoms with van der Waals surface area (Å²) in [5, 5.41) is 15.1. The number of hydrogen-bond acceptors (Lipinski definition) is 7. The fraction of sp³-hybridized carbons (Fsp3) is 0.176. The zero-order valence-corrected chi connectivity index (χ0v) is 16.3. The van der Waals surface area contributed by atoms with Crippen molar-refractivity contribution in [2.75, 3.05) is 10.6 Å². The molecule has 0 radical (unpaired) electrons. The van der Waals surface area contributed by atoms with Crippen molar-refractivity contribution in [3.05, 3.63) is 52.3 Å². The summed E-state index contributed by atoms with van der Waals surface area (Å²) in [5.41, 5.74) is 0.368. The molecule has 3 rings (SSSR count). The summed E-state index contributed by atoms with van der Waals surface area (Å²) in [6.45, 7) is -1.49. The van der Waals surface area contributed by atoms with Gasteiger partial charge in [-0.3, -0.25) is 19.9 Å². The summed E-state index contributed by atoms with van der Waals surface area (Å²) in [6.07, 6.45) is 1.42. The van der Waals surface area contributed by atoms with E-state index >= 15 is 0 Å². The van der Waals surface area contributed by atoms with Gasteiger partial charge in [-0.15, -0.1) is 0 Å². The van der Waals surface area contributed by atoms with E-state index in [1.807, 2.05) is 0 Å². The molecule has 2 heterocycles. The largest absolute Gasteiger partial charge is 0.433 e. The Morgan fingerprint density at radius 3 is 2.60 bits per heavy atom. The third-order valence-electron chi connectivity index (χ3n) is 3.81. The molecule has 0 aliphatic carbocycles. The molecular formula is C17H14ClF2N7O3. The maximum atomic E-state index is 12.8. The van der Waals surface area contributed by atoms with Crippen LogP contribution in [-0.2, 0) is 7.05 Å². The second kappa shape index (κ2) is 8.78. The number of amides is 2.